The molecule has 0 aliphatic carbocycles. The van der Waals surface area contributed by atoms with E-state index < -0.39 is 11.0 Å². The van der Waals surface area contributed by atoms with E-state index in [0.29, 0.717) is 29.8 Å². The lowest BCUT2D eigenvalue weighted by molar-refractivity contribution is -0.384. The van der Waals surface area contributed by atoms with E-state index in [9.17, 15) is 15.2 Å². The molecule has 1 saturated heterocycles. The molecule has 86 valence electrons. The summed E-state index contributed by atoms with van der Waals surface area (Å²) in [6, 6.07) is 1.42. The first-order chi connectivity index (χ1) is 7.58. The molecular weight excluding hydrogens is 278 g/mol. The van der Waals surface area contributed by atoms with Crippen molar-refractivity contribution >= 4 is 27.4 Å². The van der Waals surface area contributed by atoms with Crippen molar-refractivity contribution in [1.82, 2.24) is 4.98 Å². The molecule has 1 atom stereocenters. The number of aromatic nitrogens is 1. The van der Waals surface area contributed by atoms with Crippen molar-refractivity contribution in [1.29, 1.82) is 0 Å². The van der Waals surface area contributed by atoms with Gasteiger partial charge >= 0.3 is 5.69 Å². The molecule has 0 spiro atoms. The van der Waals surface area contributed by atoms with Crippen molar-refractivity contribution in [3.8, 4) is 0 Å². The Morgan fingerprint density at radius 2 is 2.44 bits per heavy atom. The first-order valence-corrected chi connectivity index (χ1v) is 5.60. The number of hydrogen-bond donors (Lipinski definition) is 1. The Kier molecular flexibility index (Phi) is 3.06. The van der Waals surface area contributed by atoms with E-state index in [1.165, 1.54) is 12.3 Å². The molecule has 2 rings (SSSR count). The third-order valence-electron chi connectivity index (χ3n) is 2.47. The lowest BCUT2D eigenvalue weighted by atomic mass is 10.3. The van der Waals surface area contributed by atoms with E-state index >= 15 is 0 Å². The summed E-state index contributed by atoms with van der Waals surface area (Å²) in [6.45, 7) is 0.992. The van der Waals surface area contributed by atoms with Crippen LogP contribution in [0.5, 0.6) is 0 Å². The number of aliphatic hydroxyl groups is 1. The Morgan fingerprint density at radius 1 is 1.69 bits per heavy atom. The van der Waals surface area contributed by atoms with Crippen LogP contribution in [0.3, 0.4) is 0 Å². The molecule has 0 amide bonds. The van der Waals surface area contributed by atoms with E-state index in [1.54, 1.807) is 4.90 Å². The molecule has 1 aromatic heterocycles. The first-order valence-electron chi connectivity index (χ1n) is 4.81. The second-order valence-electron chi connectivity index (χ2n) is 3.64. The number of hydrogen-bond acceptors (Lipinski definition) is 5. The molecule has 1 aromatic rings. The normalized spacial score (nSPS) is 20.1. The van der Waals surface area contributed by atoms with Crippen LogP contribution in [0, 0.1) is 10.1 Å². The van der Waals surface area contributed by atoms with Crippen molar-refractivity contribution in [3.05, 3.63) is 26.9 Å². The molecule has 0 bridgehead atoms. The minimum Gasteiger partial charge on any atom is -0.391 e. The molecule has 1 N–H and O–H groups in total. The maximum atomic E-state index is 10.9. The lowest BCUT2D eigenvalue weighted by Crippen LogP contribution is -2.23. The van der Waals surface area contributed by atoms with Crippen molar-refractivity contribution in [2.24, 2.45) is 0 Å². The van der Waals surface area contributed by atoms with Gasteiger partial charge in [0.2, 0.25) is 5.82 Å². The van der Waals surface area contributed by atoms with Crippen molar-refractivity contribution in [3.63, 3.8) is 0 Å². The van der Waals surface area contributed by atoms with Crippen LogP contribution in [0.25, 0.3) is 0 Å². The van der Waals surface area contributed by atoms with E-state index in [-0.39, 0.29) is 5.69 Å². The van der Waals surface area contributed by atoms with Gasteiger partial charge < -0.3 is 10.0 Å². The molecule has 1 aliphatic rings. The second kappa shape index (κ2) is 4.34. The van der Waals surface area contributed by atoms with Crippen molar-refractivity contribution in [2.45, 2.75) is 12.5 Å². The fourth-order valence-corrected chi connectivity index (χ4v) is 2.05. The van der Waals surface area contributed by atoms with Crippen LogP contribution >= 0.6 is 15.9 Å². The highest BCUT2D eigenvalue weighted by atomic mass is 79.9. The van der Waals surface area contributed by atoms with Gasteiger partial charge in [0.05, 0.1) is 11.0 Å². The fourth-order valence-electron chi connectivity index (χ4n) is 1.73. The van der Waals surface area contributed by atoms with Gasteiger partial charge in [0.15, 0.2) is 0 Å². The van der Waals surface area contributed by atoms with Crippen LogP contribution < -0.4 is 4.90 Å². The summed E-state index contributed by atoms with van der Waals surface area (Å²) in [6.07, 6.45) is 1.71. The summed E-state index contributed by atoms with van der Waals surface area (Å²) in [5.41, 5.74) is -0.0384. The Balaban J connectivity index is 2.36. The highest BCUT2D eigenvalue weighted by molar-refractivity contribution is 9.10. The second-order valence-corrected chi connectivity index (χ2v) is 4.56. The number of aliphatic hydroxyl groups excluding tert-OH is 1. The Bertz CT molecular complexity index is 426. The maximum Gasteiger partial charge on any atom is 0.312 e. The molecule has 0 radical (unpaired) electrons. The molecule has 6 nitrogen and oxygen atoms in total. The molecule has 1 aliphatic heterocycles. The molecule has 1 unspecified atom stereocenters. The van der Waals surface area contributed by atoms with Gasteiger partial charge in [0.1, 0.15) is 0 Å². The maximum absolute atomic E-state index is 10.9. The minimum atomic E-state index is -0.461. The highest BCUT2D eigenvalue weighted by Crippen LogP contribution is 2.30. The molecule has 1 fully saturated rings. The van der Waals surface area contributed by atoms with Gasteiger partial charge in [-0.2, -0.15) is 0 Å². The van der Waals surface area contributed by atoms with Crippen LogP contribution in [0.15, 0.2) is 16.7 Å². The molecule has 0 saturated carbocycles. The van der Waals surface area contributed by atoms with Crippen LogP contribution in [-0.4, -0.2) is 34.2 Å². The Morgan fingerprint density at radius 3 is 3.00 bits per heavy atom. The smallest absolute Gasteiger partial charge is 0.312 e. The number of pyridine rings is 1. The third-order valence-corrected chi connectivity index (χ3v) is 2.91. The van der Waals surface area contributed by atoms with Gasteiger partial charge in [-0.25, -0.2) is 4.98 Å². The van der Waals surface area contributed by atoms with Gasteiger partial charge in [0, 0.05) is 29.8 Å². The van der Waals surface area contributed by atoms with E-state index in [0.717, 1.165) is 0 Å². The van der Waals surface area contributed by atoms with Gasteiger partial charge in [-0.15, -0.1) is 0 Å². The topological polar surface area (TPSA) is 79.5 Å². The Hall–Kier alpha value is -1.21. The molecule has 2 heterocycles. The van der Waals surface area contributed by atoms with Crippen LogP contribution in [-0.2, 0) is 0 Å². The number of rotatable bonds is 2. The average Bonchev–Trinajstić information content (AvgIpc) is 2.64. The van der Waals surface area contributed by atoms with Crippen molar-refractivity contribution < 1.29 is 10.0 Å². The number of β-amino-alcohol motifs (C(OH)–C–C–N with tert-alkyl or cyclic N) is 1. The van der Waals surface area contributed by atoms with Gasteiger partial charge in [-0.1, -0.05) is 0 Å². The summed E-state index contributed by atoms with van der Waals surface area (Å²) in [4.78, 5) is 16.2. The monoisotopic (exact) mass is 287 g/mol. The van der Waals surface area contributed by atoms with Gasteiger partial charge in [0.25, 0.3) is 0 Å². The van der Waals surface area contributed by atoms with Crippen LogP contribution in [0.1, 0.15) is 6.42 Å². The molecule has 16 heavy (non-hydrogen) atoms. The zero-order chi connectivity index (χ0) is 11.7. The average molecular weight is 288 g/mol. The van der Waals surface area contributed by atoms with E-state index in [1.807, 2.05) is 0 Å². The number of anilines is 1. The van der Waals surface area contributed by atoms with Crippen molar-refractivity contribution in [2.75, 3.05) is 18.0 Å². The standard InChI is InChI=1S/C9H10BrN3O3/c10-6-3-8(13(15)16)9(11-4-6)12-2-1-7(14)5-12/h3-4,7,14H,1-2,5H2. The summed E-state index contributed by atoms with van der Waals surface area (Å²) >= 11 is 3.15. The first kappa shape index (κ1) is 11.3. The van der Waals surface area contributed by atoms with E-state index in [4.69, 9.17) is 0 Å². The predicted molar refractivity (Wildman–Crippen MR) is 61.4 cm³/mol. The quantitative estimate of drug-likeness (QED) is 0.656. The van der Waals surface area contributed by atoms with Crippen LogP contribution in [0.2, 0.25) is 0 Å². The summed E-state index contributed by atoms with van der Waals surface area (Å²) < 4.78 is 0.572. The highest BCUT2D eigenvalue weighted by Gasteiger charge is 2.27. The number of nitro groups is 1. The van der Waals surface area contributed by atoms with Gasteiger partial charge in [-0.05, 0) is 22.4 Å². The van der Waals surface area contributed by atoms with Gasteiger partial charge in [-0.3, -0.25) is 10.1 Å². The fraction of sp³-hybridized carbons (Fsp3) is 0.444. The lowest BCUT2D eigenvalue weighted by Gasteiger charge is -2.16. The largest absolute Gasteiger partial charge is 0.391 e. The summed E-state index contributed by atoms with van der Waals surface area (Å²) in [5.74, 6) is 0.324. The molecular formula is C9H10BrN3O3. The molecule has 7 heteroatoms. The third kappa shape index (κ3) is 2.14. The van der Waals surface area contributed by atoms with Crippen LogP contribution in [0.4, 0.5) is 11.5 Å². The molecule has 0 aromatic carbocycles. The summed E-state index contributed by atoms with van der Waals surface area (Å²) in [7, 11) is 0. The number of nitrogens with zero attached hydrogens (tertiary/aromatic N) is 3. The zero-order valence-electron chi connectivity index (χ0n) is 8.34. The zero-order valence-corrected chi connectivity index (χ0v) is 9.92. The predicted octanol–water partition coefficient (Wildman–Crippen LogP) is 1.32. The number of halogens is 1. The SMILES string of the molecule is O=[N+]([O-])c1cc(Br)cnc1N1CCC(O)C1. The summed E-state index contributed by atoms with van der Waals surface area (Å²) in [5, 5.41) is 20.3. The van der Waals surface area contributed by atoms with E-state index in [2.05, 4.69) is 20.9 Å². The minimum absolute atomic E-state index is 0.0384. The Labute approximate surface area is 100 Å².